The van der Waals surface area contributed by atoms with Gasteiger partial charge in [-0.2, -0.15) is 0 Å². The number of aromatic amines is 1. The Balaban J connectivity index is 1.56. The van der Waals surface area contributed by atoms with Crippen molar-refractivity contribution in [3.8, 4) is 22.8 Å². The van der Waals surface area contributed by atoms with Crippen LogP contribution < -0.4 is 4.74 Å². The summed E-state index contributed by atoms with van der Waals surface area (Å²) in [6.07, 6.45) is 5.62. The molecule has 28 heavy (non-hydrogen) atoms. The van der Waals surface area contributed by atoms with Gasteiger partial charge in [-0.25, -0.2) is 15.0 Å². The second-order valence-corrected chi connectivity index (χ2v) is 6.96. The van der Waals surface area contributed by atoms with E-state index in [4.69, 9.17) is 9.72 Å². The van der Waals surface area contributed by atoms with Gasteiger partial charge in [0.25, 0.3) is 0 Å². The molecule has 0 saturated carbocycles. The van der Waals surface area contributed by atoms with Crippen LogP contribution >= 0.6 is 0 Å². The SMILES string of the molecule is CC(C)Oc1ccc(-n2cnc3cnc(-c4ccc5[nH]ccc5c4)nc32)cc1. The predicted octanol–water partition coefficient (Wildman–Crippen LogP) is 4.75. The summed E-state index contributed by atoms with van der Waals surface area (Å²) < 4.78 is 7.69. The molecule has 0 bridgehead atoms. The molecule has 2 aromatic carbocycles. The predicted molar refractivity (Wildman–Crippen MR) is 110 cm³/mol. The Morgan fingerprint density at radius 2 is 1.86 bits per heavy atom. The van der Waals surface area contributed by atoms with Crippen LogP contribution in [0, 0.1) is 0 Å². The third kappa shape index (κ3) is 2.89. The lowest BCUT2D eigenvalue weighted by atomic mass is 10.1. The molecule has 0 aliphatic rings. The zero-order valence-corrected chi connectivity index (χ0v) is 15.6. The van der Waals surface area contributed by atoms with E-state index in [-0.39, 0.29) is 6.10 Å². The molecule has 0 unspecified atom stereocenters. The van der Waals surface area contributed by atoms with Crippen LogP contribution in [0.4, 0.5) is 0 Å². The molecule has 5 rings (SSSR count). The zero-order chi connectivity index (χ0) is 19.1. The van der Waals surface area contributed by atoms with E-state index in [0.717, 1.165) is 39.1 Å². The Morgan fingerprint density at radius 3 is 2.68 bits per heavy atom. The van der Waals surface area contributed by atoms with E-state index in [9.17, 15) is 0 Å². The first-order chi connectivity index (χ1) is 13.7. The van der Waals surface area contributed by atoms with Crippen molar-refractivity contribution in [2.24, 2.45) is 0 Å². The van der Waals surface area contributed by atoms with Crippen molar-refractivity contribution in [2.45, 2.75) is 20.0 Å². The van der Waals surface area contributed by atoms with Crippen LogP contribution in [0.3, 0.4) is 0 Å². The average Bonchev–Trinajstić information content (AvgIpc) is 3.34. The number of aromatic nitrogens is 5. The lowest BCUT2D eigenvalue weighted by molar-refractivity contribution is 0.242. The Kier molecular flexibility index (Phi) is 3.83. The van der Waals surface area contributed by atoms with E-state index in [1.54, 1.807) is 12.5 Å². The lowest BCUT2D eigenvalue weighted by Crippen LogP contribution is -2.05. The van der Waals surface area contributed by atoms with Gasteiger partial charge in [0.1, 0.15) is 17.6 Å². The number of benzene rings is 2. The molecular formula is C22H19N5O. The molecule has 0 fully saturated rings. The second-order valence-electron chi connectivity index (χ2n) is 6.96. The number of H-pyrrole nitrogens is 1. The lowest BCUT2D eigenvalue weighted by Gasteiger charge is -2.10. The first kappa shape index (κ1) is 16.5. The van der Waals surface area contributed by atoms with Crippen molar-refractivity contribution in [2.75, 3.05) is 0 Å². The Hall–Kier alpha value is -3.67. The van der Waals surface area contributed by atoms with Gasteiger partial charge >= 0.3 is 0 Å². The summed E-state index contributed by atoms with van der Waals surface area (Å²) in [5.74, 6) is 1.52. The van der Waals surface area contributed by atoms with Gasteiger partial charge in [-0.15, -0.1) is 0 Å². The highest BCUT2D eigenvalue weighted by molar-refractivity contribution is 5.84. The van der Waals surface area contributed by atoms with Crippen LogP contribution in [-0.2, 0) is 0 Å². The molecule has 0 spiro atoms. The largest absolute Gasteiger partial charge is 0.491 e. The summed E-state index contributed by atoms with van der Waals surface area (Å²) in [7, 11) is 0. The fraction of sp³-hybridized carbons (Fsp3) is 0.136. The van der Waals surface area contributed by atoms with E-state index in [2.05, 4.69) is 21.0 Å². The minimum absolute atomic E-state index is 0.146. The Labute approximate surface area is 161 Å². The molecule has 0 saturated heterocycles. The first-order valence-electron chi connectivity index (χ1n) is 9.22. The molecule has 0 atom stereocenters. The van der Waals surface area contributed by atoms with Gasteiger partial charge in [-0.1, -0.05) is 0 Å². The Morgan fingerprint density at radius 1 is 1.00 bits per heavy atom. The third-order valence-electron chi connectivity index (χ3n) is 4.59. The smallest absolute Gasteiger partial charge is 0.168 e. The fourth-order valence-electron chi connectivity index (χ4n) is 3.29. The normalized spacial score (nSPS) is 11.5. The molecule has 5 aromatic rings. The quantitative estimate of drug-likeness (QED) is 0.496. The van der Waals surface area contributed by atoms with Crippen LogP contribution in [0.1, 0.15) is 13.8 Å². The second kappa shape index (κ2) is 6.49. The molecule has 138 valence electrons. The van der Waals surface area contributed by atoms with Gasteiger partial charge in [0.05, 0.1) is 12.3 Å². The van der Waals surface area contributed by atoms with E-state index < -0.39 is 0 Å². The van der Waals surface area contributed by atoms with Gasteiger partial charge in [0.2, 0.25) is 0 Å². The number of imidazole rings is 1. The van der Waals surface area contributed by atoms with Crippen molar-refractivity contribution < 1.29 is 4.74 Å². The topological polar surface area (TPSA) is 68.6 Å². The molecule has 3 heterocycles. The molecular weight excluding hydrogens is 350 g/mol. The maximum Gasteiger partial charge on any atom is 0.168 e. The standard InChI is InChI=1S/C22H19N5O/c1-14(2)28-18-6-4-17(5-7-18)27-13-25-20-12-24-21(26-22(20)27)16-3-8-19-15(11-16)9-10-23-19/h3-14,23H,1-2H3. The monoisotopic (exact) mass is 369 g/mol. The summed E-state index contributed by atoms with van der Waals surface area (Å²) in [5.41, 5.74) is 4.58. The highest BCUT2D eigenvalue weighted by Gasteiger charge is 2.11. The molecule has 0 aliphatic heterocycles. The fourth-order valence-corrected chi connectivity index (χ4v) is 3.29. The van der Waals surface area contributed by atoms with E-state index in [1.165, 1.54) is 0 Å². The number of rotatable bonds is 4. The summed E-state index contributed by atoms with van der Waals surface area (Å²) in [6.45, 7) is 4.03. The molecule has 6 nitrogen and oxygen atoms in total. The van der Waals surface area contributed by atoms with E-state index in [0.29, 0.717) is 5.82 Å². The van der Waals surface area contributed by atoms with E-state index in [1.807, 2.05) is 67.1 Å². The number of nitrogens with one attached hydrogen (secondary N) is 1. The number of nitrogens with zero attached hydrogens (tertiary/aromatic N) is 4. The van der Waals surface area contributed by atoms with Gasteiger partial charge < -0.3 is 9.72 Å². The average molecular weight is 369 g/mol. The van der Waals surface area contributed by atoms with Crippen LogP contribution in [-0.4, -0.2) is 30.6 Å². The minimum atomic E-state index is 0.146. The van der Waals surface area contributed by atoms with Gasteiger partial charge in [0.15, 0.2) is 11.5 Å². The van der Waals surface area contributed by atoms with Crippen LogP contribution in [0.15, 0.2) is 67.3 Å². The van der Waals surface area contributed by atoms with Gasteiger partial charge in [-0.3, -0.25) is 4.57 Å². The number of hydrogen-bond acceptors (Lipinski definition) is 4. The van der Waals surface area contributed by atoms with Gasteiger partial charge in [-0.05, 0) is 62.4 Å². The van der Waals surface area contributed by atoms with Crippen molar-refractivity contribution in [3.63, 3.8) is 0 Å². The maximum absolute atomic E-state index is 5.73. The highest BCUT2D eigenvalue weighted by Crippen LogP contribution is 2.24. The number of hydrogen-bond donors (Lipinski definition) is 1. The highest BCUT2D eigenvalue weighted by atomic mass is 16.5. The van der Waals surface area contributed by atoms with Crippen molar-refractivity contribution in [3.05, 3.63) is 67.3 Å². The molecule has 1 N–H and O–H groups in total. The Bertz CT molecular complexity index is 1270. The summed E-state index contributed by atoms with van der Waals surface area (Å²) >= 11 is 0. The van der Waals surface area contributed by atoms with E-state index >= 15 is 0 Å². The molecule has 6 heteroatoms. The van der Waals surface area contributed by atoms with Crippen LogP contribution in [0.25, 0.3) is 39.1 Å². The van der Waals surface area contributed by atoms with Gasteiger partial charge in [0, 0.05) is 28.4 Å². The zero-order valence-electron chi connectivity index (χ0n) is 15.6. The maximum atomic E-state index is 5.73. The number of fused-ring (bicyclic) bond motifs is 2. The first-order valence-corrected chi connectivity index (χ1v) is 9.22. The third-order valence-corrected chi connectivity index (χ3v) is 4.59. The molecule has 0 aliphatic carbocycles. The molecule has 0 amide bonds. The number of ether oxygens (including phenoxy) is 1. The van der Waals surface area contributed by atoms with Crippen molar-refractivity contribution in [1.29, 1.82) is 0 Å². The summed E-state index contributed by atoms with van der Waals surface area (Å²) in [6, 6.07) is 16.1. The van der Waals surface area contributed by atoms with Crippen molar-refractivity contribution in [1.82, 2.24) is 24.5 Å². The molecule has 0 radical (unpaired) electrons. The minimum Gasteiger partial charge on any atom is -0.491 e. The van der Waals surface area contributed by atoms with Crippen molar-refractivity contribution >= 4 is 22.1 Å². The van der Waals surface area contributed by atoms with Crippen LogP contribution in [0.5, 0.6) is 5.75 Å². The summed E-state index contributed by atoms with van der Waals surface area (Å²) in [5, 5.41) is 1.13. The summed E-state index contributed by atoms with van der Waals surface area (Å²) in [4.78, 5) is 16.9. The molecule has 3 aromatic heterocycles. The van der Waals surface area contributed by atoms with Crippen LogP contribution in [0.2, 0.25) is 0 Å².